The minimum Gasteiger partial charge on any atom is -0.487 e. The van der Waals surface area contributed by atoms with Gasteiger partial charge in [0.2, 0.25) is 5.43 Å². The summed E-state index contributed by atoms with van der Waals surface area (Å²) in [5.41, 5.74) is -1.19. The molecule has 2 saturated heterocycles. The number of halogens is 2. The molecule has 10 rings (SSSR count). The van der Waals surface area contributed by atoms with Crippen LogP contribution in [0.1, 0.15) is 46.8 Å². The van der Waals surface area contributed by atoms with Crippen molar-refractivity contribution in [3.63, 3.8) is 0 Å². The Labute approximate surface area is 369 Å². The quantitative estimate of drug-likeness (QED) is 0.0956. The van der Waals surface area contributed by atoms with Gasteiger partial charge in [0.1, 0.15) is 36.2 Å². The maximum Gasteiger partial charge on any atom is 0.476 e. The first-order valence-corrected chi connectivity index (χ1v) is 22.4. The van der Waals surface area contributed by atoms with Gasteiger partial charge >= 0.3 is 19.9 Å². The topological polar surface area (TPSA) is 186 Å². The highest BCUT2D eigenvalue weighted by atomic mass is 31.2. The fourth-order valence-corrected chi connectivity index (χ4v) is 10.1. The second kappa shape index (κ2) is 17.0. The van der Waals surface area contributed by atoms with Gasteiger partial charge in [0, 0.05) is 30.9 Å². The van der Waals surface area contributed by atoms with Crippen LogP contribution in [0.5, 0.6) is 11.5 Å². The van der Waals surface area contributed by atoms with Crippen LogP contribution in [0.3, 0.4) is 0 Å². The summed E-state index contributed by atoms with van der Waals surface area (Å²) in [6, 6.07) is 22.2. The number of hydrogen-bond donors (Lipinski definition) is 1. The van der Waals surface area contributed by atoms with E-state index in [2.05, 4.69) is 10.3 Å². The van der Waals surface area contributed by atoms with Crippen LogP contribution in [-0.2, 0) is 42.6 Å². The number of hydrogen-bond acceptors (Lipinski definition) is 13. The number of carboxylic acid groups (broad SMARTS) is 1. The molecule has 336 valence electrons. The molecule has 2 aromatic heterocycles. The van der Waals surface area contributed by atoms with E-state index in [4.69, 9.17) is 27.8 Å². The lowest BCUT2D eigenvalue weighted by Gasteiger charge is -2.35. The molecular formula is C45H41F2N6O11P. The summed E-state index contributed by atoms with van der Waals surface area (Å²) in [6.45, 7) is -0.665. The number of phosphoric ester groups is 1. The highest BCUT2D eigenvalue weighted by Gasteiger charge is 2.54. The number of fused-ring (bicyclic) bond motifs is 5. The van der Waals surface area contributed by atoms with E-state index in [1.807, 2.05) is 12.1 Å². The van der Waals surface area contributed by atoms with Crippen LogP contribution in [-0.4, -0.2) is 80.8 Å². The van der Waals surface area contributed by atoms with E-state index >= 15 is 13.3 Å². The van der Waals surface area contributed by atoms with Gasteiger partial charge in [-0.3, -0.25) is 23.3 Å². The van der Waals surface area contributed by atoms with Gasteiger partial charge < -0.3 is 28.8 Å². The predicted molar refractivity (Wildman–Crippen MR) is 228 cm³/mol. The first kappa shape index (κ1) is 42.3. The first-order valence-electron chi connectivity index (χ1n) is 20.9. The normalized spacial score (nSPS) is 20.4. The molecule has 4 aromatic carbocycles. The second-order valence-electron chi connectivity index (χ2n) is 16.4. The number of carboxylic acids is 1. The molecular weight excluding hydrogens is 869 g/mol. The summed E-state index contributed by atoms with van der Waals surface area (Å²) in [5.74, 6) is -3.30. The van der Waals surface area contributed by atoms with Crippen LogP contribution in [0.2, 0.25) is 0 Å². The van der Waals surface area contributed by atoms with Gasteiger partial charge in [0.25, 0.3) is 0 Å². The third-order valence-corrected chi connectivity index (χ3v) is 13.3. The van der Waals surface area contributed by atoms with Gasteiger partial charge in [-0.25, -0.2) is 27.6 Å². The summed E-state index contributed by atoms with van der Waals surface area (Å²) in [7, 11) is -4.58. The van der Waals surface area contributed by atoms with Crippen molar-refractivity contribution in [1.82, 2.24) is 19.6 Å². The molecule has 0 bridgehead atoms. The Bertz CT molecular complexity index is 2840. The van der Waals surface area contributed by atoms with Crippen LogP contribution in [0.4, 0.5) is 25.0 Å². The van der Waals surface area contributed by atoms with Crippen molar-refractivity contribution < 1.29 is 55.8 Å². The van der Waals surface area contributed by atoms with Crippen LogP contribution in [0.15, 0.2) is 108 Å². The summed E-state index contributed by atoms with van der Waals surface area (Å²) in [4.78, 5) is 41.4. The van der Waals surface area contributed by atoms with Crippen molar-refractivity contribution in [2.24, 2.45) is 0 Å². The Morgan fingerprint density at radius 2 is 1.66 bits per heavy atom. The molecule has 1 aliphatic carbocycles. The fourth-order valence-electron chi connectivity index (χ4n) is 8.60. The molecule has 1 N–H and O–H groups in total. The zero-order chi connectivity index (χ0) is 44.9. The number of aromatic carboxylic acids is 1. The summed E-state index contributed by atoms with van der Waals surface area (Å²) in [5, 5.41) is 17.4. The van der Waals surface area contributed by atoms with E-state index in [1.54, 1.807) is 64.2 Å². The molecule has 0 spiro atoms. The van der Waals surface area contributed by atoms with Gasteiger partial charge in [0.05, 0.1) is 61.7 Å². The van der Waals surface area contributed by atoms with E-state index in [0.29, 0.717) is 11.1 Å². The number of benzene rings is 4. The van der Waals surface area contributed by atoms with Crippen LogP contribution in [0, 0.1) is 11.6 Å². The molecule has 20 heteroatoms. The van der Waals surface area contributed by atoms with Gasteiger partial charge in [-0.1, -0.05) is 65.9 Å². The van der Waals surface area contributed by atoms with Gasteiger partial charge in [-0.2, -0.15) is 0 Å². The molecule has 3 fully saturated rings. The molecule has 1 saturated carbocycles. The Kier molecular flexibility index (Phi) is 11.1. The zero-order valence-corrected chi connectivity index (χ0v) is 35.4. The van der Waals surface area contributed by atoms with E-state index < -0.39 is 66.9 Å². The minimum atomic E-state index is -4.58. The molecule has 17 nitrogen and oxygen atoms in total. The Hall–Kier alpha value is -6.66. The third kappa shape index (κ3) is 8.55. The highest BCUT2D eigenvalue weighted by Crippen LogP contribution is 2.58. The van der Waals surface area contributed by atoms with Gasteiger partial charge in [-0.15, -0.1) is 5.10 Å². The number of pyridine rings is 1. The number of phosphoric acid groups is 1. The summed E-state index contributed by atoms with van der Waals surface area (Å²) in [6.07, 6.45) is 4.61. The Balaban J connectivity index is 0.988. The largest absolute Gasteiger partial charge is 0.487 e. The lowest BCUT2D eigenvalue weighted by atomic mass is 10.0. The number of carbonyl (C=O) groups excluding carboxylic acids is 1. The summed E-state index contributed by atoms with van der Waals surface area (Å²) >= 11 is 0. The lowest BCUT2D eigenvalue weighted by molar-refractivity contribution is -0.0139. The van der Waals surface area contributed by atoms with Crippen LogP contribution in [0.25, 0.3) is 10.9 Å². The maximum absolute atomic E-state index is 16.6. The van der Waals surface area contributed by atoms with Crippen molar-refractivity contribution in [2.45, 2.75) is 62.8 Å². The first-order chi connectivity index (χ1) is 31.4. The third-order valence-electron chi connectivity index (χ3n) is 11.8. The van der Waals surface area contributed by atoms with Crippen molar-refractivity contribution in [2.75, 3.05) is 36.1 Å². The van der Waals surface area contributed by atoms with Gasteiger partial charge in [0.15, 0.2) is 23.1 Å². The molecule has 3 unspecified atom stereocenters. The number of cyclic esters (lactones) is 1. The number of anilines is 2. The van der Waals surface area contributed by atoms with Crippen molar-refractivity contribution >= 4 is 42.2 Å². The molecule has 3 atom stereocenters. The van der Waals surface area contributed by atoms with E-state index in [-0.39, 0.29) is 85.7 Å². The number of carbonyl (C=O) groups is 2. The molecule has 3 aliphatic heterocycles. The number of aromatic nitrogens is 4. The number of nitrogens with zero attached hydrogens (tertiary/aromatic N) is 6. The average Bonchev–Trinajstić information content (AvgIpc) is 3.70. The van der Waals surface area contributed by atoms with E-state index in [9.17, 15) is 19.5 Å². The molecule has 1 amide bonds. The predicted octanol–water partition coefficient (Wildman–Crippen LogP) is 7.28. The van der Waals surface area contributed by atoms with Crippen molar-refractivity contribution in [3.05, 3.63) is 142 Å². The number of amides is 1. The Morgan fingerprint density at radius 3 is 2.31 bits per heavy atom. The lowest BCUT2D eigenvalue weighted by Crippen LogP contribution is -2.43. The summed E-state index contributed by atoms with van der Waals surface area (Å²) < 4.78 is 87.6. The van der Waals surface area contributed by atoms with Gasteiger partial charge in [-0.05, 0) is 42.2 Å². The SMILES string of the molecule is O=C(O)c1cn(C2CC2)c2c3c(c(F)cc2c1=O)N1CC(COc2ccc(N4CC(Cn5ccnn5)OC4=O)cc2F)(OP(=O)(OCc2ccccc2)OCc2ccccc2)CC1CO3. The average molecular weight is 911 g/mol. The zero-order valence-electron chi connectivity index (χ0n) is 34.5. The second-order valence-corrected chi connectivity index (χ2v) is 18.0. The van der Waals surface area contributed by atoms with Crippen molar-refractivity contribution in [3.8, 4) is 11.5 Å². The smallest absolute Gasteiger partial charge is 0.476 e. The molecule has 65 heavy (non-hydrogen) atoms. The molecule has 5 heterocycles. The van der Waals surface area contributed by atoms with Crippen LogP contribution < -0.4 is 24.7 Å². The maximum atomic E-state index is 16.6. The monoisotopic (exact) mass is 910 g/mol. The molecule has 4 aliphatic rings. The van der Waals surface area contributed by atoms with Crippen LogP contribution >= 0.6 is 7.82 Å². The number of rotatable bonds is 16. The number of ether oxygens (including phenoxy) is 3. The van der Waals surface area contributed by atoms with E-state index in [1.165, 1.54) is 34.1 Å². The highest BCUT2D eigenvalue weighted by molar-refractivity contribution is 7.48. The van der Waals surface area contributed by atoms with Crippen molar-refractivity contribution in [1.29, 1.82) is 0 Å². The standard InChI is InChI=1S/C45H41F2N6O11P/c46-36-17-31(52-21-33(63-44(52)57)20-50-16-15-48-49-50)13-14-38(36)60-27-45(64-65(58,61-23-28-7-3-1-4-8-28)62-24-29-9-5-2-6-10-29)19-32-25-59-42-39-34(18-37(47)40(42)53(32)26-45)41(54)35(43(55)56)22-51(39)30-11-12-30/h1-10,13-18,22,30,32-33H,11-12,19-21,23-27H2,(H,55,56). The van der Waals surface area contributed by atoms with E-state index in [0.717, 1.165) is 25.0 Å². The fraction of sp³-hybridized carbons (Fsp3) is 0.311. The molecule has 6 aromatic rings. The Morgan fingerprint density at radius 1 is 0.938 bits per heavy atom. The molecule has 0 radical (unpaired) electrons. The minimum absolute atomic E-state index is 0.00281.